The third kappa shape index (κ3) is 6.83. The van der Waals surface area contributed by atoms with E-state index in [9.17, 15) is 13.2 Å². The Hall–Kier alpha value is -4.17. The molecule has 1 aliphatic heterocycles. The molecule has 0 bridgehead atoms. The Morgan fingerprint density at radius 2 is 1.69 bits per heavy atom. The van der Waals surface area contributed by atoms with E-state index in [0.717, 1.165) is 24.2 Å². The Morgan fingerprint density at radius 3 is 2.38 bits per heavy atom. The van der Waals surface area contributed by atoms with Crippen LogP contribution >= 0.6 is 0 Å². The largest absolute Gasteiger partial charge is 0.456 e. The van der Waals surface area contributed by atoms with Crippen molar-refractivity contribution in [1.29, 1.82) is 0 Å². The summed E-state index contributed by atoms with van der Waals surface area (Å²) in [5.74, 6) is 1.60. The van der Waals surface area contributed by atoms with E-state index in [1.54, 1.807) is 42.7 Å². The number of aryl methyl sites for hydroxylation is 1. The summed E-state index contributed by atoms with van der Waals surface area (Å²) in [7, 11) is -3.62. The standard InChI is InChI=1S/C31H31N3O4S/c1-23-9-10-27(20-30(23)33-39(36,37)22-24-6-3-2-4-7-24)31(35)34-18-15-26(16-19-34)25-11-13-28(14-12-25)38-29-8-5-17-32-21-29/h2-14,17,20-21,26,33H,15-16,18-19,22H2,1H3. The molecule has 1 aliphatic rings. The highest BCUT2D eigenvalue weighted by atomic mass is 32.2. The second-order valence-electron chi connectivity index (χ2n) is 9.80. The molecule has 3 aromatic carbocycles. The molecule has 1 aromatic heterocycles. The number of ether oxygens (including phenoxy) is 1. The fraction of sp³-hybridized carbons (Fsp3) is 0.226. The number of pyridine rings is 1. The normalized spacial score (nSPS) is 14.1. The third-order valence-corrected chi connectivity index (χ3v) is 8.20. The molecule has 4 aromatic rings. The molecule has 1 saturated heterocycles. The maximum atomic E-state index is 13.3. The van der Waals surface area contributed by atoms with E-state index in [1.165, 1.54) is 5.56 Å². The van der Waals surface area contributed by atoms with E-state index in [1.807, 2.05) is 54.3 Å². The number of piperidine rings is 1. The number of likely N-dealkylation sites (tertiary alicyclic amines) is 1. The lowest BCUT2D eigenvalue weighted by atomic mass is 9.89. The Kier molecular flexibility index (Phi) is 7.93. The monoisotopic (exact) mass is 541 g/mol. The number of nitrogens with zero attached hydrogens (tertiary/aromatic N) is 2. The number of benzene rings is 3. The fourth-order valence-electron chi connectivity index (χ4n) is 4.81. The van der Waals surface area contributed by atoms with Crippen molar-refractivity contribution in [1.82, 2.24) is 9.88 Å². The van der Waals surface area contributed by atoms with Gasteiger partial charge in [-0.15, -0.1) is 0 Å². The van der Waals surface area contributed by atoms with Crippen LogP contribution in [-0.2, 0) is 15.8 Å². The van der Waals surface area contributed by atoms with E-state index in [4.69, 9.17) is 4.74 Å². The minimum atomic E-state index is -3.62. The van der Waals surface area contributed by atoms with Crippen LogP contribution in [0, 0.1) is 6.92 Å². The lowest BCUT2D eigenvalue weighted by Gasteiger charge is -2.32. The Balaban J connectivity index is 1.19. The van der Waals surface area contributed by atoms with Crippen LogP contribution < -0.4 is 9.46 Å². The number of hydrogen-bond donors (Lipinski definition) is 1. The van der Waals surface area contributed by atoms with Gasteiger partial charge < -0.3 is 9.64 Å². The topological polar surface area (TPSA) is 88.6 Å². The first-order chi connectivity index (χ1) is 18.9. The maximum absolute atomic E-state index is 13.3. The Bertz CT molecular complexity index is 1520. The summed E-state index contributed by atoms with van der Waals surface area (Å²) in [4.78, 5) is 19.2. The van der Waals surface area contributed by atoms with E-state index in [-0.39, 0.29) is 11.7 Å². The Labute approximate surface area is 229 Å². The SMILES string of the molecule is Cc1ccc(C(=O)N2CCC(c3ccc(Oc4cccnc4)cc3)CC2)cc1NS(=O)(=O)Cc1ccccc1. The summed E-state index contributed by atoms with van der Waals surface area (Å²) in [6, 6.07) is 26.0. The van der Waals surface area contributed by atoms with Crippen LogP contribution in [0.3, 0.4) is 0 Å². The summed E-state index contributed by atoms with van der Waals surface area (Å²) < 4.78 is 34.0. The highest BCUT2D eigenvalue weighted by Gasteiger charge is 2.25. The molecule has 39 heavy (non-hydrogen) atoms. The molecule has 0 atom stereocenters. The van der Waals surface area contributed by atoms with Crippen LogP contribution in [0.15, 0.2) is 97.3 Å². The van der Waals surface area contributed by atoms with Gasteiger partial charge >= 0.3 is 0 Å². The molecule has 200 valence electrons. The number of anilines is 1. The summed E-state index contributed by atoms with van der Waals surface area (Å²) in [6.45, 7) is 3.11. The van der Waals surface area contributed by atoms with Crippen molar-refractivity contribution in [2.75, 3.05) is 17.8 Å². The Morgan fingerprint density at radius 1 is 0.949 bits per heavy atom. The zero-order valence-electron chi connectivity index (χ0n) is 21.8. The van der Waals surface area contributed by atoms with Crippen LogP contribution in [0.2, 0.25) is 0 Å². The van der Waals surface area contributed by atoms with Gasteiger partial charge in [-0.2, -0.15) is 0 Å². The summed E-state index contributed by atoms with van der Waals surface area (Å²) >= 11 is 0. The van der Waals surface area contributed by atoms with Gasteiger partial charge in [0.15, 0.2) is 0 Å². The minimum absolute atomic E-state index is 0.0859. The zero-order valence-corrected chi connectivity index (χ0v) is 22.6. The van der Waals surface area contributed by atoms with E-state index >= 15 is 0 Å². The minimum Gasteiger partial charge on any atom is -0.456 e. The number of amides is 1. The van der Waals surface area contributed by atoms with Crippen molar-refractivity contribution in [2.24, 2.45) is 0 Å². The molecule has 5 rings (SSSR count). The number of nitrogens with one attached hydrogen (secondary N) is 1. The van der Waals surface area contributed by atoms with E-state index in [2.05, 4.69) is 21.8 Å². The fourth-order valence-corrected chi connectivity index (χ4v) is 6.07. The van der Waals surface area contributed by atoms with Crippen LogP contribution in [0.1, 0.15) is 45.8 Å². The number of aromatic nitrogens is 1. The molecule has 1 amide bonds. The molecule has 8 heteroatoms. The molecule has 1 N–H and O–H groups in total. The first-order valence-corrected chi connectivity index (χ1v) is 14.6. The molecular formula is C31H31N3O4S. The van der Waals surface area contributed by atoms with Gasteiger partial charge in [-0.05, 0) is 78.8 Å². The van der Waals surface area contributed by atoms with Gasteiger partial charge in [-0.25, -0.2) is 8.42 Å². The van der Waals surface area contributed by atoms with E-state index in [0.29, 0.717) is 41.6 Å². The van der Waals surface area contributed by atoms with Crippen molar-refractivity contribution < 1.29 is 17.9 Å². The number of carbonyl (C=O) groups excluding carboxylic acids is 1. The molecule has 0 unspecified atom stereocenters. The first-order valence-electron chi connectivity index (χ1n) is 13.0. The molecule has 0 radical (unpaired) electrons. The first kappa shape index (κ1) is 26.4. The predicted molar refractivity (Wildman–Crippen MR) is 152 cm³/mol. The van der Waals surface area contributed by atoms with Gasteiger partial charge in [-0.1, -0.05) is 48.5 Å². The van der Waals surface area contributed by atoms with Crippen LogP contribution in [-0.4, -0.2) is 37.3 Å². The quantitative estimate of drug-likeness (QED) is 0.289. The van der Waals surface area contributed by atoms with Gasteiger partial charge in [0.25, 0.3) is 5.91 Å². The second-order valence-corrected chi connectivity index (χ2v) is 11.5. The maximum Gasteiger partial charge on any atom is 0.253 e. The van der Waals surface area contributed by atoms with Gasteiger partial charge in [0.1, 0.15) is 11.5 Å². The molecule has 1 fully saturated rings. The molecular weight excluding hydrogens is 510 g/mol. The predicted octanol–water partition coefficient (Wildman–Crippen LogP) is 6.14. The lowest BCUT2D eigenvalue weighted by molar-refractivity contribution is 0.0713. The third-order valence-electron chi connectivity index (χ3n) is 6.95. The summed E-state index contributed by atoms with van der Waals surface area (Å²) in [5.41, 5.74) is 3.60. The molecule has 0 spiro atoms. The van der Waals surface area contributed by atoms with Gasteiger partial charge in [0.2, 0.25) is 10.0 Å². The molecule has 0 aliphatic carbocycles. The molecule has 7 nitrogen and oxygen atoms in total. The lowest BCUT2D eigenvalue weighted by Crippen LogP contribution is -2.38. The van der Waals surface area contributed by atoms with Gasteiger partial charge in [0.05, 0.1) is 17.6 Å². The van der Waals surface area contributed by atoms with Crippen molar-refractivity contribution in [3.8, 4) is 11.5 Å². The average molecular weight is 542 g/mol. The van der Waals surface area contributed by atoms with Crippen molar-refractivity contribution in [3.05, 3.63) is 120 Å². The highest BCUT2D eigenvalue weighted by molar-refractivity contribution is 7.91. The van der Waals surface area contributed by atoms with Crippen LogP contribution in [0.4, 0.5) is 5.69 Å². The number of carbonyl (C=O) groups is 1. The molecule has 2 heterocycles. The van der Waals surface area contributed by atoms with Crippen LogP contribution in [0.5, 0.6) is 11.5 Å². The average Bonchev–Trinajstić information content (AvgIpc) is 2.95. The van der Waals surface area contributed by atoms with Crippen LogP contribution in [0.25, 0.3) is 0 Å². The van der Waals surface area contributed by atoms with Crippen molar-refractivity contribution >= 4 is 21.6 Å². The number of sulfonamides is 1. The molecule has 0 saturated carbocycles. The smallest absolute Gasteiger partial charge is 0.253 e. The number of hydrogen-bond acceptors (Lipinski definition) is 5. The van der Waals surface area contributed by atoms with E-state index < -0.39 is 10.0 Å². The number of rotatable bonds is 8. The summed E-state index contributed by atoms with van der Waals surface area (Å²) in [6.07, 6.45) is 5.10. The summed E-state index contributed by atoms with van der Waals surface area (Å²) in [5, 5.41) is 0. The zero-order chi connectivity index (χ0) is 27.2. The van der Waals surface area contributed by atoms with Gasteiger partial charge in [-0.3, -0.25) is 14.5 Å². The van der Waals surface area contributed by atoms with Crippen molar-refractivity contribution in [2.45, 2.75) is 31.4 Å². The van der Waals surface area contributed by atoms with Crippen molar-refractivity contribution in [3.63, 3.8) is 0 Å². The van der Waals surface area contributed by atoms with Gasteiger partial charge in [0, 0.05) is 24.8 Å². The second kappa shape index (κ2) is 11.7. The highest BCUT2D eigenvalue weighted by Crippen LogP contribution is 2.31.